The van der Waals surface area contributed by atoms with Crippen LogP contribution < -0.4 is 15.4 Å². The number of nitrogens with one attached hydrogen (secondary N) is 2. The first-order chi connectivity index (χ1) is 17.2. The minimum Gasteiger partial charge on any atom is -0.491 e. The zero-order valence-electron chi connectivity index (χ0n) is 21.8. The van der Waals surface area contributed by atoms with Gasteiger partial charge in [-0.2, -0.15) is 0 Å². The van der Waals surface area contributed by atoms with E-state index in [1.54, 1.807) is 36.2 Å². The molecule has 3 rings (SSSR count). The van der Waals surface area contributed by atoms with Crippen molar-refractivity contribution in [1.29, 1.82) is 0 Å². The van der Waals surface area contributed by atoms with Crippen LogP contribution in [0.15, 0.2) is 24.3 Å². The van der Waals surface area contributed by atoms with Crippen molar-refractivity contribution in [3.05, 3.63) is 29.8 Å². The van der Waals surface area contributed by atoms with Crippen molar-refractivity contribution >= 4 is 23.6 Å². The van der Waals surface area contributed by atoms with E-state index in [9.17, 15) is 19.2 Å². The lowest BCUT2D eigenvalue weighted by Gasteiger charge is -2.36. The summed E-state index contributed by atoms with van der Waals surface area (Å²) in [5.74, 6) is -1.20. The van der Waals surface area contributed by atoms with E-state index in [1.807, 2.05) is 13.8 Å². The number of nitrogens with zero attached hydrogens (tertiary/aromatic N) is 3. The summed E-state index contributed by atoms with van der Waals surface area (Å²) >= 11 is 0. The van der Waals surface area contributed by atoms with Gasteiger partial charge in [-0.1, -0.05) is 39.3 Å². The molecule has 0 bridgehead atoms. The van der Waals surface area contributed by atoms with Crippen molar-refractivity contribution in [2.45, 2.75) is 45.7 Å². The second kappa shape index (κ2) is 12.7. The van der Waals surface area contributed by atoms with Gasteiger partial charge in [0.25, 0.3) is 5.91 Å². The quantitative estimate of drug-likeness (QED) is 0.629. The molecule has 198 valence electrons. The maximum Gasteiger partial charge on any atom is 0.255 e. The van der Waals surface area contributed by atoms with Crippen LogP contribution in [0.3, 0.4) is 0 Å². The molecule has 0 radical (unpaired) electrons. The van der Waals surface area contributed by atoms with Gasteiger partial charge in [0, 0.05) is 33.2 Å². The van der Waals surface area contributed by atoms with Crippen LogP contribution in [0.4, 0.5) is 0 Å². The second-order valence-electron chi connectivity index (χ2n) is 9.52. The van der Waals surface area contributed by atoms with Gasteiger partial charge in [-0.25, -0.2) is 0 Å². The van der Waals surface area contributed by atoms with E-state index in [0.29, 0.717) is 31.8 Å². The van der Waals surface area contributed by atoms with Crippen LogP contribution in [0.1, 0.15) is 44.0 Å². The maximum absolute atomic E-state index is 13.5. The number of hydrogen-bond donors (Lipinski definition) is 2. The first kappa shape index (κ1) is 27.4. The monoisotopic (exact) mass is 501 g/mol. The third kappa shape index (κ3) is 6.75. The summed E-state index contributed by atoms with van der Waals surface area (Å²) in [4.78, 5) is 58.5. The third-order valence-corrected chi connectivity index (χ3v) is 7.11. The van der Waals surface area contributed by atoms with E-state index < -0.39 is 23.9 Å². The molecule has 1 aromatic carbocycles. The van der Waals surface area contributed by atoms with Crippen LogP contribution in [0.5, 0.6) is 5.75 Å². The number of piperazine rings is 1. The Morgan fingerprint density at radius 1 is 1.06 bits per heavy atom. The van der Waals surface area contributed by atoms with E-state index >= 15 is 0 Å². The number of benzene rings is 1. The van der Waals surface area contributed by atoms with Gasteiger partial charge in [0.1, 0.15) is 24.4 Å². The molecular formula is C26H39N5O5. The van der Waals surface area contributed by atoms with E-state index in [2.05, 4.69) is 22.5 Å². The molecule has 2 N–H and O–H groups in total. The third-order valence-electron chi connectivity index (χ3n) is 7.11. The zero-order valence-corrected chi connectivity index (χ0v) is 21.8. The Bertz CT molecular complexity index is 946. The summed E-state index contributed by atoms with van der Waals surface area (Å²) in [6, 6.07) is 4.97. The molecule has 10 heteroatoms. The average Bonchev–Trinajstić information content (AvgIpc) is 2.89. The number of fused-ring (bicyclic) bond motifs is 1. The minimum atomic E-state index is -1.06. The molecule has 3 atom stereocenters. The van der Waals surface area contributed by atoms with E-state index in [4.69, 9.17) is 4.74 Å². The molecule has 0 unspecified atom stereocenters. The second-order valence-corrected chi connectivity index (χ2v) is 9.52. The highest BCUT2D eigenvalue weighted by Gasteiger charge is 2.34. The Balaban J connectivity index is 1.90. The number of likely N-dealkylation sites (N-methyl/N-ethyl adjacent to an activating group) is 2. The van der Waals surface area contributed by atoms with Crippen molar-refractivity contribution in [3.63, 3.8) is 0 Å². The minimum absolute atomic E-state index is 0.107. The Morgan fingerprint density at radius 3 is 2.42 bits per heavy atom. The number of para-hydroxylation sites is 1. The van der Waals surface area contributed by atoms with Crippen LogP contribution in [-0.4, -0.2) is 103 Å². The molecule has 0 aliphatic carbocycles. The van der Waals surface area contributed by atoms with E-state index in [0.717, 1.165) is 19.6 Å². The predicted molar refractivity (Wildman–Crippen MR) is 136 cm³/mol. The first-order valence-corrected chi connectivity index (χ1v) is 12.8. The Hall–Kier alpha value is -3.14. The van der Waals surface area contributed by atoms with Crippen molar-refractivity contribution in [3.8, 4) is 5.75 Å². The number of ether oxygens (including phenoxy) is 1. The SMILES string of the molecule is CC[C@H](C)[C@@H]1NC(=O)C[C@@H](C(=O)N2CCN(CC)CC2)NC(=O)c2ccccc2OCCN(C)C1=O. The number of carbonyl (C=O) groups is 4. The summed E-state index contributed by atoms with van der Waals surface area (Å²) in [5.41, 5.74) is 0.273. The molecule has 4 amide bonds. The van der Waals surface area contributed by atoms with Crippen LogP contribution >= 0.6 is 0 Å². The number of carbonyl (C=O) groups excluding carboxylic acids is 4. The van der Waals surface area contributed by atoms with Crippen LogP contribution in [0.25, 0.3) is 0 Å². The molecule has 2 aliphatic rings. The van der Waals surface area contributed by atoms with Gasteiger partial charge >= 0.3 is 0 Å². The first-order valence-electron chi connectivity index (χ1n) is 12.8. The Kier molecular flexibility index (Phi) is 9.69. The van der Waals surface area contributed by atoms with Gasteiger partial charge in [0.2, 0.25) is 17.7 Å². The fraction of sp³-hybridized carbons (Fsp3) is 0.615. The Morgan fingerprint density at radius 2 is 1.75 bits per heavy atom. The fourth-order valence-electron chi connectivity index (χ4n) is 4.46. The summed E-state index contributed by atoms with van der Waals surface area (Å²) in [6.45, 7) is 9.85. The highest BCUT2D eigenvalue weighted by atomic mass is 16.5. The number of hydrogen-bond acceptors (Lipinski definition) is 6. The Labute approximate surface area is 213 Å². The summed E-state index contributed by atoms with van der Waals surface area (Å²) in [5, 5.41) is 5.62. The smallest absolute Gasteiger partial charge is 0.255 e. The molecule has 36 heavy (non-hydrogen) atoms. The van der Waals surface area contributed by atoms with Gasteiger partial charge in [-0.3, -0.25) is 19.2 Å². The lowest BCUT2D eigenvalue weighted by Crippen LogP contribution is -2.57. The summed E-state index contributed by atoms with van der Waals surface area (Å²) in [7, 11) is 1.67. The summed E-state index contributed by atoms with van der Waals surface area (Å²) in [6.07, 6.45) is 0.431. The summed E-state index contributed by atoms with van der Waals surface area (Å²) < 4.78 is 5.86. The van der Waals surface area contributed by atoms with Gasteiger partial charge in [0.05, 0.1) is 18.5 Å². The topological polar surface area (TPSA) is 111 Å². The van der Waals surface area contributed by atoms with Gasteiger partial charge in [0.15, 0.2) is 0 Å². The fourth-order valence-corrected chi connectivity index (χ4v) is 4.46. The van der Waals surface area contributed by atoms with Crippen molar-refractivity contribution in [2.24, 2.45) is 5.92 Å². The normalized spacial score (nSPS) is 23.6. The lowest BCUT2D eigenvalue weighted by molar-refractivity contribution is -0.139. The van der Waals surface area contributed by atoms with Crippen molar-refractivity contribution in [2.75, 3.05) is 52.9 Å². The molecule has 1 aromatic rings. The highest BCUT2D eigenvalue weighted by Crippen LogP contribution is 2.19. The standard InChI is InChI=1S/C26H39N5O5/c1-5-18(3)23-26(35)29(4)15-16-36-21-10-8-7-9-19(21)24(33)27-20(17-22(32)28-23)25(34)31-13-11-30(6-2)12-14-31/h7-10,18,20,23H,5-6,11-17H2,1-4H3,(H,27,33)(H,28,32)/t18-,20-,23-/m0/s1. The molecule has 2 aliphatic heterocycles. The van der Waals surface area contributed by atoms with Crippen molar-refractivity contribution in [1.82, 2.24) is 25.3 Å². The molecule has 2 heterocycles. The predicted octanol–water partition coefficient (Wildman–Crippen LogP) is 0.721. The molecule has 1 fully saturated rings. The molecular weight excluding hydrogens is 462 g/mol. The van der Waals surface area contributed by atoms with E-state index in [1.165, 1.54) is 4.90 Å². The van der Waals surface area contributed by atoms with Crippen LogP contribution in [0.2, 0.25) is 0 Å². The lowest BCUT2D eigenvalue weighted by atomic mass is 9.97. The average molecular weight is 502 g/mol. The zero-order chi connectivity index (χ0) is 26.2. The van der Waals surface area contributed by atoms with Crippen LogP contribution in [0, 0.1) is 5.92 Å². The van der Waals surface area contributed by atoms with Crippen LogP contribution in [-0.2, 0) is 14.4 Å². The maximum atomic E-state index is 13.5. The molecule has 10 nitrogen and oxygen atoms in total. The van der Waals surface area contributed by atoms with E-state index in [-0.39, 0.29) is 36.3 Å². The molecule has 0 saturated carbocycles. The van der Waals surface area contributed by atoms with Gasteiger partial charge in [-0.05, 0) is 24.6 Å². The number of rotatable bonds is 4. The van der Waals surface area contributed by atoms with Crippen molar-refractivity contribution < 1.29 is 23.9 Å². The largest absolute Gasteiger partial charge is 0.491 e. The van der Waals surface area contributed by atoms with Gasteiger partial charge < -0.3 is 30.1 Å². The number of amides is 4. The highest BCUT2D eigenvalue weighted by molar-refractivity contribution is 6.01. The molecule has 0 spiro atoms. The molecule has 0 aromatic heterocycles. The van der Waals surface area contributed by atoms with Gasteiger partial charge in [-0.15, -0.1) is 0 Å². The molecule has 1 saturated heterocycles.